The Balaban J connectivity index is 1.65. The second kappa shape index (κ2) is 7.41. The van der Waals surface area contributed by atoms with E-state index in [4.69, 9.17) is 4.74 Å². The maximum atomic E-state index is 12.0. The summed E-state index contributed by atoms with van der Waals surface area (Å²) in [4.78, 5) is 12.0. The number of aliphatic hydroxyl groups is 1. The van der Waals surface area contributed by atoms with E-state index in [0.29, 0.717) is 25.0 Å². The maximum Gasteiger partial charge on any atom is 0.220 e. The van der Waals surface area contributed by atoms with Gasteiger partial charge in [-0.2, -0.15) is 0 Å². The van der Waals surface area contributed by atoms with Crippen LogP contribution in [0.2, 0.25) is 0 Å². The van der Waals surface area contributed by atoms with Crippen LogP contribution in [0.3, 0.4) is 0 Å². The molecular weight excluding hydrogens is 254 g/mol. The number of rotatable bonds is 5. The first-order valence-electron chi connectivity index (χ1n) is 8.13. The molecule has 0 aromatic rings. The van der Waals surface area contributed by atoms with Gasteiger partial charge in [-0.05, 0) is 44.4 Å². The molecule has 2 fully saturated rings. The van der Waals surface area contributed by atoms with Crippen LogP contribution in [0.5, 0.6) is 0 Å². The summed E-state index contributed by atoms with van der Waals surface area (Å²) in [5, 5.41) is 13.3. The van der Waals surface area contributed by atoms with Crippen molar-refractivity contribution in [3.8, 4) is 0 Å². The molecule has 0 spiro atoms. The second-order valence-corrected chi connectivity index (χ2v) is 6.64. The summed E-state index contributed by atoms with van der Waals surface area (Å²) in [6.07, 6.45) is 10.3. The molecule has 2 aliphatic carbocycles. The Morgan fingerprint density at radius 3 is 2.45 bits per heavy atom. The highest BCUT2D eigenvalue weighted by atomic mass is 16.5. The lowest BCUT2D eigenvalue weighted by Gasteiger charge is -2.32. The minimum Gasteiger partial charge on any atom is -0.388 e. The van der Waals surface area contributed by atoms with Crippen LogP contribution in [0.4, 0.5) is 0 Å². The quantitative estimate of drug-likeness (QED) is 0.814. The maximum absolute atomic E-state index is 12.0. The Bertz CT molecular complexity index is 305. The lowest BCUT2D eigenvalue weighted by atomic mass is 9.84. The van der Waals surface area contributed by atoms with Crippen molar-refractivity contribution in [2.75, 3.05) is 13.7 Å². The summed E-state index contributed by atoms with van der Waals surface area (Å²) in [6.45, 7) is 0.430. The standard InChI is InChI=1S/C16H29NO3/c1-20-14-7-5-13(6-8-14)11-15(18)17-12-16(19)9-3-2-4-10-16/h13-14,19H,2-12H2,1H3,(H,17,18). The van der Waals surface area contributed by atoms with Gasteiger partial charge in [0.15, 0.2) is 0 Å². The first-order chi connectivity index (χ1) is 9.61. The Hall–Kier alpha value is -0.610. The van der Waals surface area contributed by atoms with Crippen LogP contribution in [0.15, 0.2) is 0 Å². The van der Waals surface area contributed by atoms with Gasteiger partial charge in [-0.15, -0.1) is 0 Å². The van der Waals surface area contributed by atoms with Crippen molar-refractivity contribution in [2.45, 2.75) is 75.9 Å². The van der Waals surface area contributed by atoms with Crippen LogP contribution in [0, 0.1) is 5.92 Å². The molecule has 116 valence electrons. The molecule has 4 heteroatoms. The highest BCUT2D eigenvalue weighted by molar-refractivity contribution is 5.76. The Labute approximate surface area is 122 Å². The number of amides is 1. The van der Waals surface area contributed by atoms with Gasteiger partial charge in [0.1, 0.15) is 0 Å². The molecule has 1 amide bonds. The Kier molecular flexibility index (Phi) is 5.85. The van der Waals surface area contributed by atoms with Gasteiger partial charge in [0, 0.05) is 20.1 Å². The summed E-state index contributed by atoms with van der Waals surface area (Å²) in [5.74, 6) is 0.590. The average molecular weight is 283 g/mol. The van der Waals surface area contributed by atoms with E-state index >= 15 is 0 Å². The molecule has 0 radical (unpaired) electrons. The molecule has 0 aromatic heterocycles. The van der Waals surface area contributed by atoms with Gasteiger partial charge in [0.25, 0.3) is 0 Å². The van der Waals surface area contributed by atoms with Gasteiger partial charge in [0.05, 0.1) is 11.7 Å². The normalized spacial score (nSPS) is 29.9. The second-order valence-electron chi connectivity index (χ2n) is 6.64. The minimum atomic E-state index is -0.651. The first-order valence-corrected chi connectivity index (χ1v) is 8.13. The SMILES string of the molecule is COC1CCC(CC(=O)NCC2(O)CCCCC2)CC1. The molecule has 2 saturated carbocycles. The van der Waals surface area contributed by atoms with Crippen molar-refractivity contribution in [3.05, 3.63) is 0 Å². The topological polar surface area (TPSA) is 58.6 Å². The van der Waals surface area contributed by atoms with Crippen LogP contribution in [-0.2, 0) is 9.53 Å². The minimum absolute atomic E-state index is 0.102. The number of hydrogen-bond donors (Lipinski definition) is 2. The predicted octanol–water partition coefficient (Wildman–Crippen LogP) is 2.39. The zero-order valence-corrected chi connectivity index (χ0v) is 12.7. The van der Waals surface area contributed by atoms with Crippen molar-refractivity contribution >= 4 is 5.91 Å². The number of methoxy groups -OCH3 is 1. The van der Waals surface area contributed by atoms with E-state index in [1.807, 2.05) is 0 Å². The number of carbonyl (C=O) groups excluding carboxylic acids is 1. The highest BCUT2D eigenvalue weighted by Gasteiger charge is 2.30. The van der Waals surface area contributed by atoms with Crippen molar-refractivity contribution in [2.24, 2.45) is 5.92 Å². The average Bonchev–Trinajstić information content (AvgIpc) is 2.47. The summed E-state index contributed by atoms with van der Waals surface area (Å²) < 4.78 is 5.35. The molecule has 0 heterocycles. The molecule has 0 saturated heterocycles. The third kappa shape index (κ3) is 4.74. The van der Waals surface area contributed by atoms with Gasteiger partial charge in [-0.1, -0.05) is 19.3 Å². The van der Waals surface area contributed by atoms with Crippen LogP contribution < -0.4 is 5.32 Å². The summed E-state index contributed by atoms with van der Waals surface area (Å²) >= 11 is 0. The molecule has 0 bridgehead atoms. The van der Waals surface area contributed by atoms with Crippen LogP contribution >= 0.6 is 0 Å². The zero-order chi connectivity index (χ0) is 14.4. The van der Waals surface area contributed by atoms with Crippen LogP contribution in [0.25, 0.3) is 0 Å². The van der Waals surface area contributed by atoms with Crippen molar-refractivity contribution < 1.29 is 14.6 Å². The van der Waals surface area contributed by atoms with Crippen LogP contribution in [-0.4, -0.2) is 36.4 Å². The largest absolute Gasteiger partial charge is 0.388 e. The fraction of sp³-hybridized carbons (Fsp3) is 0.938. The van der Waals surface area contributed by atoms with Gasteiger partial charge >= 0.3 is 0 Å². The Morgan fingerprint density at radius 2 is 1.85 bits per heavy atom. The molecule has 0 aliphatic heterocycles. The molecule has 0 atom stereocenters. The number of ether oxygens (including phenoxy) is 1. The smallest absolute Gasteiger partial charge is 0.220 e. The lowest BCUT2D eigenvalue weighted by Crippen LogP contribution is -2.44. The highest BCUT2D eigenvalue weighted by Crippen LogP contribution is 2.29. The predicted molar refractivity (Wildman–Crippen MR) is 78.4 cm³/mol. The monoisotopic (exact) mass is 283 g/mol. The molecule has 0 aromatic carbocycles. The zero-order valence-electron chi connectivity index (χ0n) is 12.7. The van der Waals surface area contributed by atoms with Gasteiger partial charge < -0.3 is 15.2 Å². The van der Waals surface area contributed by atoms with Gasteiger partial charge in [-0.3, -0.25) is 4.79 Å². The third-order valence-corrected chi connectivity index (χ3v) is 5.00. The summed E-state index contributed by atoms with van der Waals surface area (Å²) in [7, 11) is 1.77. The van der Waals surface area contributed by atoms with Crippen molar-refractivity contribution in [3.63, 3.8) is 0 Å². The van der Waals surface area contributed by atoms with E-state index in [1.54, 1.807) is 7.11 Å². The van der Waals surface area contributed by atoms with Crippen LogP contribution in [0.1, 0.15) is 64.2 Å². The molecule has 2 N–H and O–H groups in total. The van der Waals surface area contributed by atoms with E-state index in [9.17, 15) is 9.90 Å². The number of hydrogen-bond acceptors (Lipinski definition) is 3. The van der Waals surface area contributed by atoms with Crippen molar-refractivity contribution in [1.82, 2.24) is 5.32 Å². The first kappa shape index (κ1) is 15.8. The Morgan fingerprint density at radius 1 is 1.20 bits per heavy atom. The fourth-order valence-electron chi connectivity index (χ4n) is 3.56. The van der Waals surface area contributed by atoms with Crippen molar-refractivity contribution in [1.29, 1.82) is 0 Å². The van der Waals surface area contributed by atoms with Gasteiger partial charge in [0.2, 0.25) is 5.91 Å². The molecule has 20 heavy (non-hydrogen) atoms. The molecule has 2 aliphatic rings. The third-order valence-electron chi connectivity index (χ3n) is 5.00. The fourth-order valence-corrected chi connectivity index (χ4v) is 3.56. The van der Waals surface area contributed by atoms with E-state index in [-0.39, 0.29) is 5.91 Å². The molecule has 2 rings (SSSR count). The number of nitrogens with one attached hydrogen (secondary N) is 1. The van der Waals surface area contributed by atoms with E-state index < -0.39 is 5.60 Å². The van der Waals surface area contributed by atoms with E-state index in [0.717, 1.165) is 51.4 Å². The molecule has 0 unspecified atom stereocenters. The number of carbonyl (C=O) groups is 1. The van der Waals surface area contributed by atoms with E-state index in [2.05, 4.69) is 5.32 Å². The summed E-state index contributed by atoms with van der Waals surface area (Å²) in [5.41, 5.74) is -0.651. The lowest BCUT2D eigenvalue weighted by molar-refractivity contribution is -0.124. The van der Waals surface area contributed by atoms with E-state index in [1.165, 1.54) is 6.42 Å². The van der Waals surface area contributed by atoms with Gasteiger partial charge in [-0.25, -0.2) is 0 Å². The molecule has 4 nitrogen and oxygen atoms in total. The summed E-state index contributed by atoms with van der Waals surface area (Å²) in [6, 6.07) is 0. The molecular formula is C16H29NO3.